The number of hydrogen-bond donors (Lipinski definition) is 3. The Labute approximate surface area is 168 Å². The topological polar surface area (TPSA) is 55.4 Å². The number of guanidine groups is 1. The van der Waals surface area contributed by atoms with E-state index in [0.717, 1.165) is 38.6 Å². The minimum atomic E-state index is 0. The van der Waals surface area contributed by atoms with Gasteiger partial charge in [0.1, 0.15) is 0 Å². The number of rotatable bonds is 8. The summed E-state index contributed by atoms with van der Waals surface area (Å²) in [5.41, 5.74) is 2.54. The van der Waals surface area contributed by atoms with Crippen molar-refractivity contribution in [3.05, 3.63) is 36.0 Å². The molecule has 25 heavy (non-hydrogen) atoms. The van der Waals surface area contributed by atoms with Gasteiger partial charge in [-0.3, -0.25) is 9.89 Å². The van der Waals surface area contributed by atoms with Gasteiger partial charge in [-0.15, -0.1) is 24.0 Å². The number of likely N-dealkylation sites (N-methyl/N-ethyl adjacent to an activating group) is 1. The Kier molecular flexibility index (Phi) is 9.89. The lowest BCUT2D eigenvalue weighted by Gasteiger charge is -2.27. The zero-order valence-corrected chi connectivity index (χ0v) is 18.1. The third-order valence-corrected chi connectivity index (χ3v) is 4.59. The summed E-state index contributed by atoms with van der Waals surface area (Å²) in [5.74, 6) is 0.869. The van der Waals surface area contributed by atoms with Crippen molar-refractivity contribution in [2.45, 2.75) is 33.2 Å². The quantitative estimate of drug-likeness (QED) is 0.324. The van der Waals surface area contributed by atoms with Gasteiger partial charge in [-0.05, 0) is 38.1 Å². The van der Waals surface area contributed by atoms with Crippen LogP contribution >= 0.6 is 24.0 Å². The van der Waals surface area contributed by atoms with Gasteiger partial charge in [0.2, 0.25) is 0 Å². The lowest BCUT2D eigenvalue weighted by Crippen LogP contribution is -2.46. The Morgan fingerprint density at radius 3 is 2.60 bits per heavy atom. The summed E-state index contributed by atoms with van der Waals surface area (Å²) in [6, 6.07) is 8.92. The molecule has 3 N–H and O–H groups in total. The number of benzene rings is 1. The van der Waals surface area contributed by atoms with Crippen molar-refractivity contribution in [3.8, 4) is 0 Å². The molecule has 0 amide bonds. The predicted molar refractivity (Wildman–Crippen MR) is 119 cm³/mol. The van der Waals surface area contributed by atoms with E-state index in [0.29, 0.717) is 6.04 Å². The molecular weight excluding hydrogens is 425 g/mol. The van der Waals surface area contributed by atoms with Crippen LogP contribution in [0.25, 0.3) is 10.9 Å². The number of aromatic amines is 1. The van der Waals surface area contributed by atoms with Crippen molar-refractivity contribution >= 4 is 40.8 Å². The molecule has 0 aliphatic heterocycles. The van der Waals surface area contributed by atoms with Crippen LogP contribution in [0.4, 0.5) is 0 Å². The van der Waals surface area contributed by atoms with Gasteiger partial charge in [-0.1, -0.05) is 32.0 Å². The molecule has 1 unspecified atom stereocenters. The van der Waals surface area contributed by atoms with E-state index in [1.165, 1.54) is 16.5 Å². The Morgan fingerprint density at radius 2 is 1.92 bits per heavy atom. The van der Waals surface area contributed by atoms with Crippen LogP contribution in [0.3, 0.4) is 0 Å². The van der Waals surface area contributed by atoms with E-state index in [-0.39, 0.29) is 24.0 Å². The number of aromatic nitrogens is 1. The minimum Gasteiger partial charge on any atom is -0.361 e. The molecule has 0 aliphatic carbocycles. The van der Waals surface area contributed by atoms with Crippen molar-refractivity contribution in [3.63, 3.8) is 0 Å². The molecule has 0 saturated carbocycles. The maximum absolute atomic E-state index is 4.32. The van der Waals surface area contributed by atoms with Crippen LogP contribution in [-0.4, -0.2) is 55.1 Å². The zero-order chi connectivity index (χ0) is 17.4. The number of hydrogen-bond acceptors (Lipinski definition) is 2. The average molecular weight is 457 g/mol. The van der Waals surface area contributed by atoms with Crippen molar-refractivity contribution in [1.29, 1.82) is 0 Å². The normalized spacial score (nSPS) is 12.9. The minimum absolute atomic E-state index is 0. The van der Waals surface area contributed by atoms with E-state index < -0.39 is 0 Å². The van der Waals surface area contributed by atoms with Gasteiger partial charge in [0.15, 0.2) is 5.96 Å². The average Bonchev–Trinajstić information content (AvgIpc) is 3.02. The Hall–Kier alpha value is -1.28. The van der Waals surface area contributed by atoms with Crippen LogP contribution in [0.1, 0.15) is 26.3 Å². The summed E-state index contributed by atoms with van der Waals surface area (Å²) in [4.78, 5) is 10.1. The highest BCUT2D eigenvalue weighted by Gasteiger charge is 2.10. The van der Waals surface area contributed by atoms with Gasteiger partial charge in [0, 0.05) is 43.3 Å². The van der Waals surface area contributed by atoms with Gasteiger partial charge in [0.25, 0.3) is 0 Å². The molecule has 2 rings (SSSR count). The second-order valence-electron chi connectivity index (χ2n) is 6.06. The standard InChI is InChI=1S/C19H31N5.HI/c1-5-24(6-2)15(3)13-23-19(20-4)21-12-11-16-14-22-18-10-8-7-9-17(16)18;/h7-10,14-15,22H,5-6,11-13H2,1-4H3,(H2,20,21,23);1H. The molecule has 0 radical (unpaired) electrons. The first-order valence-corrected chi connectivity index (χ1v) is 8.93. The van der Waals surface area contributed by atoms with Crippen LogP contribution in [-0.2, 0) is 6.42 Å². The number of para-hydroxylation sites is 1. The van der Waals surface area contributed by atoms with E-state index >= 15 is 0 Å². The first-order chi connectivity index (χ1) is 11.7. The van der Waals surface area contributed by atoms with E-state index in [4.69, 9.17) is 0 Å². The third-order valence-electron chi connectivity index (χ3n) is 4.59. The summed E-state index contributed by atoms with van der Waals surface area (Å²) in [7, 11) is 1.82. The van der Waals surface area contributed by atoms with Gasteiger partial charge >= 0.3 is 0 Å². The lowest BCUT2D eigenvalue weighted by atomic mass is 10.1. The van der Waals surface area contributed by atoms with Gasteiger partial charge < -0.3 is 15.6 Å². The Bertz CT molecular complexity index is 648. The summed E-state index contributed by atoms with van der Waals surface area (Å²) < 4.78 is 0. The van der Waals surface area contributed by atoms with Crippen LogP contribution in [0.5, 0.6) is 0 Å². The zero-order valence-electron chi connectivity index (χ0n) is 15.8. The molecule has 6 heteroatoms. The number of nitrogens with zero attached hydrogens (tertiary/aromatic N) is 2. The van der Waals surface area contributed by atoms with E-state index in [1.807, 2.05) is 7.05 Å². The van der Waals surface area contributed by atoms with Crippen LogP contribution in [0.15, 0.2) is 35.5 Å². The van der Waals surface area contributed by atoms with Crippen molar-refractivity contribution in [2.75, 3.05) is 33.2 Å². The first kappa shape index (κ1) is 21.8. The van der Waals surface area contributed by atoms with Crippen LogP contribution < -0.4 is 10.6 Å². The van der Waals surface area contributed by atoms with Crippen LogP contribution in [0, 0.1) is 0 Å². The monoisotopic (exact) mass is 457 g/mol. The second kappa shape index (κ2) is 11.4. The maximum Gasteiger partial charge on any atom is 0.191 e. The van der Waals surface area contributed by atoms with E-state index in [1.54, 1.807) is 0 Å². The molecule has 5 nitrogen and oxygen atoms in total. The van der Waals surface area contributed by atoms with Crippen molar-refractivity contribution in [2.24, 2.45) is 4.99 Å². The largest absolute Gasteiger partial charge is 0.361 e. The second-order valence-corrected chi connectivity index (χ2v) is 6.06. The highest BCUT2D eigenvalue weighted by Crippen LogP contribution is 2.17. The smallest absolute Gasteiger partial charge is 0.191 e. The SMILES string of the molecule is CCN(CC)C(C)CNC(=NC)NCCc1c[nH]c2ccccc12.I. The number of fused-ring (bicyclic) bond motifs is 1. The molecule has 140 valence electrons. The molecule has 0 aliphatic rings. The molecule has 2 aromatic rings. The maximum atomic E-state index is 4.32. The molecule has 0 bridgehead atoms. The van der Waals surface area contributed by atoms with Crippen molar-refractivity contribution in [1.82, 2.24) is 20.5 Å². The number of halogens is 1. The van der Waals surface area contributed by atoms with Gasteiger partial charge in [-0.2, -0.15) is 0 Å². The fourth-order valence-corrected chi connectivity index (χ4v) is 3.10. The van der Waals surface area contributed by atoms with E-state index in [9.17, 15) is 0 Å². The highest BCUT2D eigenvalue weighted by molar-refractivity contribution is 14.0. The molecule has 1 atom stereocenters. The Morgan fingerprint density at radius 1 is 1.20 bits per heavy atom. The first-order valence-electron chi connectivity index (χ1n) is 8.93. The molecule has 1 aromatic heterocycles. The summed E-state index contributed by atoms with van der Waals surface area (Å²) >= 11 is 0. The molecule has 1 heterocycles. The fraction of sp³-hybridized carbons (Fsp3) is 0.526. The van der Waals surface area contributed by atoms with Crippen molar-refractivity contribution < 1.29 is 0 Å². The number of H-pyrrole nitrogens is 1. The lowest BCUT2D eigenvalue weighted by molar-refractivity contribution is 0.231. The molecule has 0 saturated heterocycles. The highest BCUT2D eigenvalue weighted by atomic mass is 127. The van der Waals surface area contributed by atoms with Gasteiger partial charge in [0.05, 0.1) is 0 Å². The third kappa shape index (κ3) is 6.18. The predicted octanol–water partition coefficient (Wildman–Crippen LogP) is 3.22. The number of nitrogens with one attached hydrogen (secondary N) is 3. The molecular formula is C19H32IN5. The van der Waals surface area contributed by atoms with E-state index in [2.05, 4.69) is 76.7 Å². The summed E-state index contributed by atoms with van der Waals surface area (Å²) in [5, 5.41) is 8.14. The fourth-order valence-electron chi connectivity index (χ4n) is 3.10. The molecule has 0 spiro atoms. The van der Waals surface area contributed by atoms with Gasteiger partial charge in [-0.25, -0.2) is 0 Å². The summed E-state index contributed by atoms with van der Waals surface area (Å²) in [6.07, 6.45) is 3.07. The molecule has 0 fully saturated rings. The molecule has 1 aromatic carbocycles. The summed E-state index contributed by atoms with van der Waals surface area (Å²) in [6.45, 7) is 10.6. The van der Waals surface area contributed by atoms with Crippen LogP contribution in [0.2, 0.25) is 0 Å². The number of aliphatic imine (C=N–C) groups is 1. The Balaban J connectivity index is 0.00000312.